The predicted molar refractivity (Wildman–Crippen MR) is 108 cm³/mol. The number of carbonyl (C=O) groups excluding carboxylic acids is 1. The van der Waals surface area contributed by atoms with Gasteiger partial charge in [-0.25, -0.2) is 4.79 Å². The van der Waals surface area contributed by atoms with Crippen molar-refractivity contribution in [3.63, 3.8) is 0 Å². The van der Waals surface area contributed by atoms with Crippen LogP contribution in [0, 0.1) is 6.92 Å². The van der Waals surface area contributed by atoms with Gasteiger partial charge in [0, 0.05) is 13.2 Å². The number of aryl methyl sites for hydroxylation is 1. The number of aliphatic hydroxyl groups is 1. The van der Waals surface area contributed by atoms with Gasteiger partial charge in [-0.2, -0.15) is 0 Å². The highest BCUT2D eigenvalue weighted by atomic mass is 16.5. The Morgan fingerprint density at radius 3 is 2.63 bits per heavy atom. The van der Waals surface area contributed by atoms with E-state index in [4.69, 9.17) is 9.84 Å². The number of aliphatic hydroxyl groups excluding tert-OH is 1. The zero-order chi connectivity index (χ0) is 19.5. The van der Waals surface area contributed by atoms with Crippen molar-refractivity contribution < 1.29 is 14.6 Å². The van der Waals surface area contributed by atoms with E-state index >= 15 is 0 Å². The fourth-order valence-corrected chi connectivity index (χ4v) is 2.86. The van der Waals surface area contributed by atoms with Gasteiger partial charge in [-0.15, -0.1) is 0 Å². The van der Waals surface area contributed by atoms with Crippen LogP contribution in [0.5, 0.6) is 5.75 Å². The van der Waals surface area contributed by atoms with Crippen LogP contribution >= 0.6 is 0 Å². The van der Waals surface area contributed by atoms with Crippen molar-refractivity contribution in [2.75, 3.05) is 13.2 Å². The summed E-state index contributed by atoms with van der Waals surface area (Å²) in [6, 6.07) is 15.4. The molecule has 0 aliphatic heterocycles. The van der Waals surface area contributed by atoms with E-state index in [1.54, 1.807) is 0 Å². The molecular formula is C22H30N2O3. The van der Waals surface area contributed by atoms with Gasteiger partial charge in [-0.05, 0) is 55.0 Å². The molecule has 0 spiro atoms. The van der Waals surface area contributed by atoms with E-state index in [1.807, 2.05) is 55.5 Å². The SMILES string of the molecule is CCCOc1ccc(CNC(=O)N[C@@H](CCCO)c2ccccc2)c(C)c1. The summed E-state index contributed by atoms with van der Waals surface area (Å²) in [7, 11) is 0. The summed E-state index contributed by atoms with van der Waals surface area (Å²) in [6.07, 6.45) is 2.30. The smallest absolute Gasteiger partial charge is 0.315 e. The lowest BCUT2D eigenvalue weighted by Gasteiger charge is -2.19. The summed E-state index contributed by atoms with van der Waals surface area (Å²) >= 11 is 0. The monoisotopic (exact) mass is 370 g/mol. The van der Waals surface area contributed by atoms with Crippen molar-refractivity contribution in [3.05, 3.63) is 65.2 Å². The summed E-state index contributed by atoms with van der Waals surface area (Å²) in [5, 5.41) is 15.1. The predicted octanol–water partition coefficient (Wildman–Crippen LogP) is 4.10. The van der Waals surface area contributed by atoms with Gasteiger partial charge in [0.05, 0.1) is 12.6 Å². The van der Waals surface area contributed by atoms with Gasteiger partial charge >= 0.3 is 6.03 Å². The van der Waals surface area contributed by atoms with E-state index in [2.05, 4.69) is 17.6 Å². The molecule has 0 aliphatic carbocycles. The highest BCUT2D eigenvalue weighted by molar-refractivity contribution is 5.74. The molecule has 2 aromatic rings. The number of ether oxygens (including phenoxy) is 1. The van der Waals surface area contributed by atoms with E-state index in [-0.39, 0.29) is 18.7 Å². The topological polar surface area (TPSA) is 70.6 Å². The quantitative estimate of drug-likeness (QED) is 0.590. The van der Waals surface area contributed by atoms with E-state index in [1.165, 1.54) is 0 Å². The minimum atomic E-state index is -0.215. The molecular weight excluding hydrogens is 340 g/mol. The van der Waals surface area contributed by atoms with Gasteiger partial charge in [-0.3, -0.25) is 0 Å². The Hall–Kier alpha value is -2.53. The fraction of sp³-hybridized carbons (Fsp3) is 0.409. The number of rotatable bonds is 10. The van der Waals surface area contributed by atoms with E-state index in [0.29, 0.717) is 26.0 Å². The highest BCUT2D eigenvalue weighted by Crippen LogP contribution is 2.19. The molecule has 0 aliphatic rings. The van der Waals surface area contributed by atoms with Crippen LogP contribution in [0.25, 0.3) is 0 Å². The molecule has 0 heterocycles. The standard InChI is InChI=1S/C22H30N2O3/c1-3-14-27-20-12-11-19(17(2)15-20)16-23-22(26)24-21(10-7-13-25)18-8-5-4-6-9-18/h4-6,8-9,11-12,15,21,25H,3,7,10,13-14,16H2,1-2H3,(H2,23,24,26)/t21-/m0/s1. The van der Waals surface area contributed by atoms with Gasteiger partial charge < -0.3 is 20.5 Å². The van der Waals surface area contributed by atoms with E-state index < -0.39 is 0 Å². The third-order valence-electron chi connectivity index (χ3n) is 4.38. The van der Waals surface area contributed by atoms with Crippen LogP contribution in [0.1, 0.15) is 48.9 Å². The maximum absolute atomic E-state index is 12.4. The van der Waals surface area contributed by atoms with Crippen LogP contribution in [0.4, 0.5) is 4.79 Å². The molecule has 0 saturated carbocycles. The molecule has 0 saturated heterocycles. The first kappa shape index (κ1) is 20.8. The summed E-state index contributed by atoms with van der Waals surface area (Å²) in [5.41, 5.74) is 3.18. The molecule has 5 heteroatoms. The highest BCUT2D eigenvalue weighted by Gasteiger charge is 2.14. The summed E-state index contributed by atoms with van der Waals surface area (Å²) in [5.74, 6) is 0.857. The zero-order valence-corrected chi connectivity index (χ0v) is 16.2. The van der Waals surface area contributed by atoms with E-state index in [9.17, 15) is 4.79 Å². The lowest BCUT2D eigenvalue weighted by atomic mass is 10.0. The molecule has 0 fully saturated rings. The fourth-order valence-electron chi connectivity index (χ4n) is 2.86. The van der Waals surface area contributed by atoms with Gasteiger partial charge in [0.2, 0.25) is 0 Å². The molecule has 27 heavy (non-hydrogen) atoms. The van der Waals surface area contributed by atoms with Crippen molar-refractivity contribution >= 4 is 6.03 Å². The number of nitrogens with one attached hydrogen (secondary N) is 2. The van der Waals surface area contributed by atoms with Crippen LogP contribution in [-0.4, -0.2) is 24.4 Å². The largest absolute Gasteiger partial charge is 0.494 e. The van der Waals surface area contributed by atoms with Crippen LogP contribution in [0.2, 0.25) is 0 Å². The summed E-state index contributed by atoms with van der Waals surface area (Å²) in [6.45, 7) is 5.36. The Bertz CT molecular complexity index is 704. The van der Waals surface area contributed by atoms with E-state index in [0.717, 1.165) is 28.9 Å². The number of hydrogen-bond donors (Lipinski definition) is 3. The molecule has 3 N–H and O–H groups in total. The Kier molecular flexibility index (Phi) is 8.65. The van der Waals surface area contributed by atoms with Gasteiger partial charge in [0.1, 0.15) is 5.75 Å². The van der Waals surface area contributed by atoms with Crippen LogP contribution in [0.15, 0.2) is 48.5 Å². The average molecular weight is 370 g/mol. The van der Waals surface area contributed by atoms with Crippen LogP contribution in [0.3, 0.4) is 0 Å². The lowest BCUT2D eigenvalue weighted by molar-refractivity contribution is 0.232. The molecule has 0 radical (unpaired) electrons. The summed E-state index contributed by atoms with van der Waals surface area (Å²) in [4.78, 5) is 12.4. The lowest BCUT2D eigenvalue weighted by Crippen LogP contribution is -2.37. The molecule has 0 aromatic heterocycles. The van der Waals surface area contributed by atoms with Crippen molar-refractivity contribution in [1.29, 1.82) is 0 Å². The van der Waals surface area contributed by atoms with Crippen molar-refractivity contribution in [1.82, 2.24) is 10.6 Å². The summed E-state index contributed by atoms with van der Waals surface area (Å²) < 4.78 is 5.64. The first-order valence-electron chi connectivity index (χ1n) is 9.56. The Labute approximate surface area is 161 Å². The normalized spacial score (nSPS) is 11.7. The Balaban J connectivity index is 1.91. The Morgan fingerprint density at radius 1 is 1.19 bits per heavy atom. The molecule has 1 atom stereocenters. The minimum absolute atomic E-state index is 0.109. The molecule has 5 nitrogen and oxygen atoms in total. The van der Waals surface area contributed by atoms with Crippen molar-refractivity contribution in [3.8, 4) is 5.75 Å². The van der Waals surface area contributed by atoms with Gasteiger partial charge in [0.25, 0.3) is 0 Å². The molecule has 2 aromatic carbocycles. The second-order valence-corrected chi connectivity index (χ2v) is 6.59. The maximum atomic E-state index is 12.4. The maximum Gasteiger partial charge on any atom is 0.315 e. The first-order valence-corrected chi connectivity index (χ1v) is 9.56. The second kappa shape index (κ2) is 11.2. The number of hydrogen-bond acceptors (Lipinski definition) is 3. The minimum Gasteiger partial charge on any atom is -0.494 e. The number of benzene rings is 2. The molecule has 0 bridgehead atoms. The molecule has 0 unspecified atom stereocenters. The third kappa shape index (κ3) is 6.94. The Morgan fingerprint density at radius 2 is 1.96 bits per heavy atom. The second-order valence-electron chi connectivity index (χ2n) is 6.59. The van der Waals surface area contributed by atoms with Gasteiger partial charge in [0.15, 0.2) is 0 Å². The van der Waals surface area contributed by atoms with Crippen molar-refractivity contribution in [2.24, 2.45) is 0 Å². The average Bonchev–Trinajstić information content (AvgIpc) is 2.69. The number of amides is 2. The van der Waals surface area contributed by atoms with Crippen molar-refractivity contribution in [2.45, 2.75) is 45.7 Å². The van der Waals surface area contributed by atoms with Crippen LogP contribution < -0.4 is 15.4 Å². The zero-order valence-electron chi connectivity index (χ0n) is 16.2. The van der Waals surface area contributed by atoms with Crippen LogP contribution in [-0.2, 0) is 6.54 Å². The number of carbonyl (C=O) groups is 1. The molecule has 2 amide bonds. The number of urea groups is 1. The third-order valence-corrected chi connectivity index (χ3v) is 4.38. The molecule has 2 rings (SSSR count). The molecule has 146 valence electrons. The first-order chi connectivity index (χ1) is 13.1. The van der Waals surface area contributed by atoms with Gasteiger partial charge in [-0.1, -0.05) is 43.3 Å².